The van der Waals surface area contributed by atoms with E-state index in [-0.39, 0.29) is 11.7 Å². The Hall–Kier alpha value is -2.69. The third-order valence-corrected chi connectivity index (χ3v) is 5.18. The van der Waals surface area contributed by atoms with E-state index in [2.05, 4.69) is 10.2 Å². The lowest BCUT2D eigenvalue weighted by Crippen LogP contribution is -2.55. The van der Waals surface area contributed by atoms with Gasteiger partial charge in [0, 0.05) is 38.2 Å². The van der Waals surface area contributed by atoms with Gasteiger partial charge in [-0.2, -0.15) is 5.26 Å². The number of halogens is 1. The number of aryl methyl sites for hydroxylation is 2. The van der Waals surface area contributed by atoms with Crippen LogP contribution in [0.2, 0.25) is 0 Å². The number of hydrogen-bond donors (Lipinski definition) is 1. The standard InChI is InChI=1S/C22H26FN3O3/c1-4-19-15(2)9-20(29-19)21(27)25-13-22(3)14-26(7-8-28-22)12-17-6-5-16(11-24)10-18(17)23/h5-6,9-10H,4,7-8,12-14H2,1-3H3,(H,25,27). The number of carbonyl (C=O) groups is 1. The van der Waals surface area contributed by atoms with Crippen LogP contribution in [0.4, 0.5) is 4.39 Å². The highest BCUT2D eigenvalue weighted by molar-refractivity contribution is 5.91. The molecule has 2 aromatic rings. The first kappa shape index (κ1) is 21.0. The molecule has 0 bridgehead atoms. The van der Waals surface area contributed by atoms with Crippen molar-refractivity contribution >= 4 is 5.91 Å². The van der Waals surface area contributed by atoms with E-state index in [1.54, 1.807) is 18.2 Å². The molecule has 1 aliphatic rings. The van der Waals surface area contributed by atoms with E-state index < -0.39 is 5.60 Å². The van der Waals surface area contributed by atoms with E-state index in [1.165, 1.54) is 6.07 Å². The summed E-state index contributed by atoms with van der Waals surface area (Å²) in [5.74, 6) is 0.458. The Kier molecular flexibility index (Phi) is 6.36. The summed E-state index contributed by atoms with van der Waals surface area (Å²) in [5.41, 5.74) is 1.22. The second-order valence-corrected chi connectivity index (χ2v) is 7.68. The molecule has 6 nitrogen and oxygen atoms in total. The predicted octanol–water partition coefficient (Wildman–Crippen LogP) is 3.18. The van der Waals surface area contributed by atoms with Crippen LogP contribution >= 0.6 is 0 Å². The van der Waals surface area contributed by atoms with Gasteiger partial charge in [0.05, 0.1) is 23.8 Å². The fourth-order valence-electron chi connectivity index (χ4n) is 3.58. The molecule has 1 atom stereocenters. The molecule has 1 N–H and O–H groups in total. The van der Waals surface area contributed by atoms with Crippen LogP contribution in [0.3, 0.4) is 0 Å². The molecule has 0 aliphatic carbocycles. The minimum Gasteiger partial charge on any atom is -0.456 e. The molecule has 154 valence electrons. The van der Waals surface area contributed by atoms with E-state index in [0.29, 0.717) is 49.7 Å². The Bertz CT molecular complexity index is 934. The molecule has 1 unspecified atom stereocenters. The molecule has 2 heterocycles. The van der Waals surface area contributed by atoms with E-state index in [9.17, 15) is 9.18 Å². The number of amides is 1. The van der Waals surface area contributed by atoms with Crippen LogP contribution < -0.4 is 5.32 Å². The van der Waals surface area contributed by atoms with Crippen molar-refractivity contribution in [3.8, 4) is 6.07 Å². The normalized spacial score (nSPS) is 19.7. The highest BCUT2D eigenvalue weighted by Gasteiger charge is 2.33. The number of morpholine rings is 1. The number of ether oxygens (including phenoxy) is 1. The zero-order valence-corrected chi connectivity index (χ0v) is 17.0. The van der Waals surface area contributed by atoms with Crippen molar-refractivity contribution in [3.63, 3.8) is 0 Å². The molecule has 1 saturated heterocycles. The minimum atomic E-state index is -0.591. The van der Waals surface area contributed by atoms with Gasteiger partial charge >= 0.3 is 0 Å². The smallest absolute Gasteiger partial charge is 0.287 e. The first-order valence-corrected chi connectivity index (χ1v) is 9.76. The first-order chi connectivity index (χ1) is 13.8. The molecule has 7 heteroatoms. The third-order valence-electron chi connectivity index (χ3n) is 5.18. The fraction of sp³-hybridized carbons (Fsp3) is 0.455. The summed E-state index contributed by atoms with van der Waals surface area (Å²) in [7, 11) is 0. The summed E-state index contributed by atoms with van der Waals surface area (Å²) < 4.78 is 25.7. The minimum absolute atomic E-state index is 0.270. The van der Waals surface area contributed by atoms with Crippen molar-refractivity contribution < 1.29 is 18.3 Å². The summed E-state index contributed by atoms with van der Waals surface area (Å²) in [4.78, 5) is 14.5. The first-order valence-electron chi connectivity index (χ1n) is 9.76. The molecule has 1 amide bonds. The van der Waals surface area contributed by atoms with Crippen molar-refractivity contribution in [1.82, 2.24) is 10.2 Å². The second-order valence-electron chi connectivity index (χ2n) is 7.68. The topological polar surface area (TPSA) is 78.5 Å². The number of benzene rings is 1. The van der Waals surface area contributed by atoms with Crippen LogP contribution in [0.15, 0.2) is 28.7 Å². The van der Waals surface area contributed by atoms with Gasteiger partial charge < -0.3 is 14.5 Å². The summed E-state index contributed by atoms with van der Waals surface area (Å²) in [6.45, 7) is 8.27. The maximum absolute atomic E-state index is 14.2. The summed E-state index contributed by atoms with van der Waals surface area (Å²) in [5, 5.41) is 11.8. The molecule has 0 saturated carbocycles. The number of hydrogen-bond acceptors (Lipinski definition) is 5. The Morgan fingerprint density at radius 3 is 2.86 bits per heavy atom. The zero-order chi connectivity index (χ0) is 21.0. The number of nitriles is 1. The lowest BCUT2D eigenvalue weighted by Gasteiger charge is -2.40. The van der Waals surface area contributed by atoms with Gasteiger partial charge in [-0.3, -0.25) is 9.69 Å². The number of nitrogens with one attached hydrogen (secondary N) is 1. The maximum Gasteiger partial charge on any atom is 0.287 e. The second kappa shape index (κ2) is 8.76. The van der Waals surface area contributed by atoms with Gasteiger partial charge in [-0.25, -0.2) is 4.39 Å². The van der Waals surface area contributed by atoms with Crippen molar-refractivity contribution in [2.45, 2.75) is 39.3 Å². The van der Waals surface area contributed by atoms with Crippen molar-refractivity contribution in [1.29, 1.82) is 5.26 Å². The average molecular weight is 399 g/mol. The lowest BCUT2D eigenvalue weighted by molar-refractivity contribution is -0.0970. The van der Waals surface area contributed by atoms with Crippen LogP contribution in [-0.4, -0.2) is 42.6 Å². The SMILES string of the molecule is CCc1oc(C(=O)NCC2(C)CN(Cc3ccc(C#N)cc3F)CCO2)cc1C. The fourth-order valence-corrected chi connectivity index (χ4v) is 3.58. The highest BCUT2D eigenvalue weighted by atomic mass is 19.1. The Morgan fingerprint density at radius 2 is 2.21 bits per heavy atom. The molecule has 0 radical (unpaired) electrons. The molecule has 1 aromatic heterocycles. The van der Waals surface area contributed by atoms with Gasteiger partial charge in [0.25, 0.3) is 5.91 Å². The van der Waals surface area contributed by atoms with Gasteiger partial charge in [-0.15, -0.1) is 0 Å². The van der Waals surface area contributed by atoms with Crippen molar-refractivity contribution in [2.75, 3.05) is 26.2 Å². The Morgan fingerprint density at radius 1 is 1.41 bits per heavy atom. The number of furan rings is 1. The van der Waals surface area contributed by atoms with Gasteiger partial charge in [-0.1, -0.05) is 13.0 Å². The van der Waals surface area contributed by atoms with Crippen molar-refractivity contribution in [2.24, 2.45) is 0 Å². The largest absolute Gasteiger partial charge is 0.456 e. The van der Waals surface area contributed by atoms with Crippen LogP contribution in [0.1, 0.15) is 46.9 Å². The quantitative estimate of drug-likeness (QED) is 0.807. The van der Waals surface area contributed by atoms with Crippen LogP contribution in [-0.2, 0) is 17.7 Å². The van der Waals surface area contributed by atoms with Gasteiger partial charge in [0.2, 0.25) is 0 Å². The van der Waals surface area contributed by atoms with Crippen molar-refractivity contribution in [3.05, 3.63) is 58.3 Å². The van der Waals surface area contributed by atoms with Crippen LogP contribution in [0.25, 0.3) is 0 Å². The summed E-state index contributed by atoms with van der Waals surface area (Å²) in [6.07, 6.45) is 0.737. The summed E-state index contributed by atoms with van der Waals surface area (Å²) in [6, 6.07) is 8.21. The van der Waals surface area contributed by atoms with Gasteiger partial charge in [0.15, 0.2) is 5.76 Å². The van der Waals surface area contributed by atoms with Crippen LogP contribution in [0.5, 0.6) is 0 Å². The zero-order valence-electron chi connectivity index (χ0n) is 17.0. The molecular formula is C22H26FN3O3. The Balaban J connectivity index is 1.60. The molecule has 29 heavy (non-hydrogen) atoms. The van der Waals surface area contributed by atoms with Crippen LogP contribution in [0, 0.1) is 24.1 Å². The molecule has 1 aromatic carbocycles. The predicted molar refractivity (Wildman–Crippen MR) is 106 cm³/mol. The molecular weight excluding hydrogens is 373 g/mol. The van der Waals surface area contributed by atoms with Gasteiger partial charge in [-0.05, 0) is 37.6 Å². The molecule has 3 rings (SSSR count). The van der Waals surface area contributed by atoms with E-state index >= 15 is 0 Å². The Labute approximate surface area is 170 Å². The summed E-state index contributed by atoms with van der Waals surface area (Å²) >= 11 is 0. The van der Waals surface area contributed by atoms with Gasteiger partial charge in [0.1, 0.15) is 11.6 Å². The third kappa shape index (κ3) is 5.03. The maximum atomic E-state index is 14.2. The molecule has 1 aliphatic heterocycles. The molecule has 1 fully saturated rings. The van der Waals surface area contributed by atoms with E-state index in [0.717, 1.165) is 17.7 Å². The number of nitrogens with zero attached hydrogens (tertiary/aromatic N) is 2. The highest BCUT2D eigenvalue weighted by Crippen LogP contribution is 2.21. The van der Waals surface area contributed by atoms with E-state index in [4.69, 9.17) is 14.4 Å². The number of carbonyl (C=O) groups excluding carboxylic acids is 1. The number of rotatable bonds is 6. The molecule has 0 spiro atoms. The monoisotopic (exact) mass is 399 g/mol. The van der Waals surface area contributed by atoms with E-state index in [1.807, 2.05) is 26.8 Å². The lowest BCUT2D eigenvalue weighted by atomic mass is 10.0. The average Bonchev–Trinajstić information content (AvgIpc) is 3.08.